The number of nitrogens with zero attached hydrogens (tertiary/aromatic N) is 2. The summed E-state index contributed by atoms with van der Waals surface area (Å²) in [4.78, 5) is 18.1. The molecule has 2 aliphatic rings. The Kier molecular flexibility index (Phi) is 5.57. The second-order valence-electron chi connectivity index (χ2n) is 9.01. The van der Waals surface area contributed by atoms with E-state index in [1.54, 1.807) is 6.07 Å². The Bertz CT molecular complexity index is 1380. The molecule has 34 heavy (non-hydrogen) atoms. The van der Waals surface area contributed by atoms with Crippen LogP contribution in [0.5, 0.6) is 0 Å². The van der Waals surface area contributed by atoms with Gasteiger partial charge in [-0.3, -0.25) is 9.20 Å². The Hall–Kier alpha value is -2.85. The quantitative estimate of drug-likeness (QED) is 0.415. The van der Waals surface area contributed by atoms with Crippen molar-refractivity contribution in [1.29, 1.82) is 0 Å². The first-order chi connectivity index (χ1) is 16.5. The Morgan fingerprint density at radius 3 is 2.85 bits per heavy atom. The van der Waals surface area contributed by atoms with Crippen LogP contribution in [0, 0.1) is 5.82 Å². The topological polar surface area (TPSA) is 87.9 Å². The molecule has 2 aromatic carbocycles. The van der Waals surface area contributed by atoms with Crippen molar-refractivity contribution in [3.05, 3.63) is 59.5 Å². The molecule has 2 atom stereocenters. The molecule has 3 N–H and O–H groups in total. The van der Waals surface area contributed by atoms with Crippen LogP contribution in [0.1, 0.15) is 41.2 Å². The van der Waals surface area contributed by atoms with Crippen molar-refractivity contribution in [2.45, 2.75) is 37.5 Å². The standard InChI is InChI=1S/C25H25FN4O3S/c26-19-9-14(20-11-17(31)12-27-20)1-3-18(19)21-13-30-22-4-2-15(10-23(22)34-25(30)29-21)24(32)28-16-5-7-33-8-6-16/h1-4,9-10,13,16-17,20,27,31H,5-8,11-12H2,(H,28,32)/t17-,20-/m0/s1. The van der Waals surface area contributed by atoms with Crippen LogP contribution in [-0.4, -0.2) is 52.3 Å². The maximum atomic E-state index is 15.0. The van der Waals surface area contributed by atoms with E-state index in [4.69, 9.17) is 4.74 Å². The zero-order chi connectivity index (χ0) is 23.2. The molecule has 1 amide bonds. The van der Waals surface area contributed by atoms with Gasteiger partial charge in [0.2, 0.25) is 0 Å². The second kappa shape index (κ2) is 8.74. The van der Waals surface area contributed by atoms with Crippen LogP contribution in [0.15, 0.2) is 42.6 Å². The van der Waals surface area contributed by atoms with Gasteiger partial charge in [-0.05, 0) is 55.2 Å². The minimum atomic E-state index is -0.394. The lowest BCUT2D eigenvalue weighted by molar-refractivity contribution is 0.0696. The number of thiazole rings is 1. The number of benzene rings is 2. The molecule has 2 fully saturated rings. The number of hydrogen-bond acceptors (Lipinski definition) is 6. The van der Waals surface area contributed by atoms with E-state index in [-0.39, 0.29) is 23.8 Å². The molecule has 4 heterocycles. The molecule has 2 aromatic heterocycles. The fraction of sp³-hybridized carbons (Fsp3) is 0.360. The highest BCUT2D eigenvalue weighted by Gasteiger charge is 2.24. The third kappa shape index (κ3) is 3.98. The first-order valence-corrected chi connectivity index (χ1v) is 12.4. The van der Waals surface area contributed by atoms with Gasteiger partial charge in [0.15, 0.2) is 4.96 Å². The van der Waals surface area contributed by atoms with E-state index in [1.807, 2.05) is 34.9 Å². The van der Waals surface area contributed by atoms with Gasteiger partial charge in [0, 0.05) is 49.2 Å². The summed E-state index contributed by atoms with van der Waals surface area (Å²) < 4.78 is 23.2. The zero-order valence-electron chi connectivity index (χ0n) is 18.5. The lowest BCUT2D eigenvalue weighted by Crippen LogP contribution is -2.38. The minimum Gasteiger partial charge on any atom is -0.392 e. The fourth-order valence-corrected chi connectivity index (χ4v) is 5.86. The maximum Gasteiger partial charge on any atom is 0.251 e. The highest BCUT2D eigenvalue weighted by molar-refractivity contribution is 7.23. The molecule has 0 unspecified atom stereocenters. The van der Waals surface area contributed by atoms with Crippen molar-refractivity contribution in [2.75, 3.05) is 19.8 Å². The minimum absolute atomic E-state index is 0.0363. The van der Waals surface area contributed by atoms with Crippen molar-refractivity contribution < 1.29 is 19.0 Å². The fourth-order valence-electron chi connectivity index (χ4n) is 4.81. The smallest absolute Gasteiger partial charge is 0.251 e. The molecule has 176 valence electrons. The molecule has 4 aromatic rings. The predicted octanol–water partition coefficient (Wildman–Crippen LogP) is 3.66. The number of β-amino-alcohol motifs (C(OH)–C–C–N with tert-alkyl or cyclic N) is 1. The van der Waals surface area contributed by atoms with Gasteiger partial charge in [-0.15, -0.1) is 0 Å². The summed E-state index contributed by atoms with van der Waals surface area (Å²) >= 11 is 1.48. The summed E-state index contributed by atoms with van der Waals surface area (Å²) in [5.74, 6) is -0.408. The Balaban J connectivity index is 1.26. The number of aliphatic hydroxyl groups excluding tert-OH is 1. The van der Waals surface area contributed by atoms with Gasteiger partial charge in [0.25, 0.3) is 5.91 Å². The molecule has 6 rings (SSSR count). The van der Waals surface area contributed by atoms with Crippen LogP contribution in [-0.2, 0) is 4.74 Å². The molecule has 2 saturated heterocycles. The number of aromatic nitrogens is 2. The van der Waals surface area contributed by atoms with Crippen molar-refractivity contribution >= 4 is 32.4 Å². The van der Waals surface area contributed by atoms with E-state index >= 15 is 0 Å². The number of carbonyl (C=O) groups excluding carboxylic acids is 1. The number of rotatable bonds is 4. The number of nitrogens with one attached hydrogen (secondary N) is 2. The van der Waals surface area contributed by atoms with Crippen molar-refractivity contribution in [3.63, 3.8) is 0 Å². The molecule has 0 radical (unpaired) electrons. The maximum absolute atomic E-state index is 15.0. The highest BCUT2D eigenvalue weighted by atomic mass is 32.1. The number of aliphatic hydroxyl groups is 1. The summed E-state index contributed by atoms with van der Waals surface area (Å²) in [6.45, 7) is 1.88. The van der Waals surface area contributed by atoms with E-state index in [0.717, 1.165) is 33.6 Å². The number of imidazole rings is 1. The van der Waals surface area contributed by atoms with Gasteiger partial charge in [-0.2, -0.15) is 0 Å². The Morgan fingerprint density at radius 2 is 2.09 bits per heavy atom. The average Bonchev–Trinajstić information content (AvgIpc) is 3.53. The SMILES string of the molecule is O=C(NC1CCOCC1)c1ccc2c(c1)sc1nc(-c3ccc([C@@H]4C[C@H](O)CN4)cc3F)cn12. The van der Waals surface area contributed by atoms with Gasteiger partial charge in [0.1, 0.15) is 5.82 Å². The van der Waals surface area contributed by atoms with Gasteiger partial charge >= 0.3 is 0 Å². The largest absolute Gasteiger partial charge is 0.392 e. The summed E-state index contributed by atoms with van der Waals surface area (Å²) in [6, 6.07) is 10.9. The highest BCUT2D eigenvalue weighted by Crippen LogP contribution is 2.33. The lowest BCUT2D eigenvalue weighted by Gasteiger charge is -2.23. The van der Waals surface area contributed by atoms with Gasteiger partial charge in [-0.1, -0.05) is 17.4 Å². The van der Waals surface area contributed by atoms with Crippen LogP contribution < -0.4 is 10.6 Å². The molecule has 0 bridgehead atoms. The van der Waals surface area contributed by atoms with Crippen LogP contribution >= 0.6 is 11.3 Å². The number of halogens is 1. The average molecular weight is 481 g/mol. The molecule has 0 spiro atoms. The van der Waals surface area contributed by atoms with Gasteiger partial charge < -0.3 is 20.5 Å². The zero-order valence-corrected chi connectivity index (χ0v) is 19.3. The van der Waals surface area contributed by atoms with Crippen LogP contribution in [0.3, 0.4) is 0 Å². The van der Waals surface area contributed by atoms with E-state index in [9.17, 15) is 14.3 Å². The number of fused-ring (bicyclic) bond motifs is 3. The lowest BCUT2D eigenvalue weighted by atomic mass is 10.0. The van der Waals surface area contributed by atoms with Crippen molar-refractivity contribution in [2.24, 2.45) is 0 Å². The molecule has 2 aliphatic heterocycles. The van der Waals surface area contributed by atoms with Crippen LogP contribution in [0.2, 0.25) is 0 Å². The number of amides is 1. The Labute approximate surface area is 199 Å². The molecular formula is C25H25FN4O3S. The summed E-state index contributed by atoms with van der Waals surface area (Å²) in [6.07, 6.45) is 3.70. The number of carbonyl (C=O) groups is 1. The summed E-state index contributed by atoms with van der Waals surface area (Å²) in [7, 11) is 0. The van der Waals surface area contributed by atoms with Crippen LogP contribution in [0.4, 0.5) is 4.39 Å². The van der Waals surface area contributed by atoms with Gasteiger partial charge in [0.05, 0.1) is 22.0 Å². The first-order valence-electron chi connectivity index (χ1n) is 11.6. The van der Waals surface area contributed by atoms with E-state index in [2.05, 4.69) is 15.6 Å². The molecule has 9 heteroatoms. The summed E-state index contributed by atoms with van der Waals surface area (Å²) in [5, 5.41) is 16.0. The monoisotopic (exact) mass is 480 g/mol. The molecule has 7 nitrogen and oxygen atoms in total. The third-order valence-electron chi connectivity index (χ3n) is 6.69. The third-order valence-corrected chi connectivity index (χ3v) is 7.71. The van der Waals surface area contributed by atoms with E-state index in [1.165, 1.54) is 17.4 Å². The van der Waals surface area contributed by atoms with Crippen molar-refractivity contribution in [1.82, 2.24) is 20.0 Å². The van der Waals surface area contributed by atoms with Gasteiger partial charge in [-0.25, -0.2) is 9.37 Å². The first kappa shape index (κ1) is 21.7. The normalized spacial score (nSPS) is 21.5. The second-order valence-corrected chi connectivity index (χ2v) is 10.0. The Morgan fingerprint density at radius 1 is 1.24 bits per heavy atom. The summed E-state index contributed by atoms with van der Waals surface area (Å²) in [5.41, 5.74) is 3.39. The van der Waals surface area contributed by atoms with Crippen molar-refractivity contribution in [3.8, 4) is 11.3 Å². The molecule has 0 saturated carbocycles. The predicted molar refractivity (Wildman–Crippen MR) is 129 cm³/mol. The van der Waals surface area contributed by atoms with Crippen LogP contribution in [0.25, 0.3) is 26.4 Å². The number of hydrogen-bond donors (Lipinski definition) is 3. The van der Waals surface area contributed by atoms with E-state index < -0.39 is 6.10 Å². The molecule has 0 aliphatic carbocycles. The number of ether oxygens (including phenoxy) is 1. The molecular weight excluding hydrogens is 455 g/mol. The van der Waals surface area contributed by atoms with E-state index in [0.29, 0.717) is 43.0 Å².